The van der Waals surface area contributed by atoms with E-state index in [2.05, 4.69) is 5.32 Å². The molecule has 102 valence electrons. The van der Waals surface area contributed by atoms with Crippen molar-refractivity contribution >= 4 is 12.0 Å². The third-order valence-electron chi connectivity index (χ3n) is 3.97. The number of nitrogens with zero attached hydrogens (tertiary/aromatic N) is 1. The molecule has 2 fully saturated rings. The van der Waals surface area contributed by atoms with Crippen LogP contribution in [0.2, 0.25) is 0 Å². The molecule has 0 aromatic heterocycles. The van der Waals surface area contributed by atoms with Crippen LogP contribution in [0.15, 0.2) is 0 Å². The minimum atomic E-state index is -0.802. The monoisotopic (exact) mass is 254 g/mol. The fourth-order valence-corrected chi connectivity index (χ4v) is 2.67. The second-order valence-corrected chi connectivity index (χ2v) is 5.86. The van der Waals surface area contributed by atoms with Gasteiger partial charge in [0, 0.05) is 19.1 Å². The number of carbonyl (C=O) groups is 2. The van der Waals surface area contributed by atoms with Crippen LogP contribution in [0.3, 0.4) is 0 Å². The van der Waals surface area contributed by atoms with Crippen molar-refractivity contribution in [2.24, 2.45) is 17.8 Å². The van der Waals surface area contributed by atoms with Crippen LogP contribution in [0.5, 0.6) is 0 Å². The standard InChI is InChI=1S/C13H22N2O3/c1-8-6-15(7-11(8)12(16)17)13(18)14-9(2)5-10-3-4-10/h8-11H,3-7H2,1-2H3,(H,14,18)(H,16,17). The Kier molecular flexibility index (Phi) is 3.78. The van der Waals surface area contributed by atoms with Gasteiger partial charge < -0.3 is 15.3 Å². The van der Waals surface area contributed by atoms with Crippen molar-refractivity contribution in [1.29, 1.82) is 0 Å². The van der Waals surface area contributed by atoms with E-state index in [0.717, 1.165) is 12.3 Å². The molecule has 1 saturated heterocycles. The summed E-state index contributed by atoms with van der Waals surface area (Å²) in [7, 11) is 0. The van der Waals surface area contributed by atoms with E-state index < -0.39 is 11.9 Å². The largest absolute Gasteiger partial charge is 0.481 e. The number of aliphatic carboxylic acids is 1. The lowest BCUT2D eigenvalue weighted by Crippen LogP contribution is -2.43. The molecule has 0 aromatic rings. The molecule has 3 atom stereocenters. The van der Waals surface area contributed by atoms with E-state index in [-0.39, 0.29) is 18.0 Å². The molecule has 1 aliphatic carbocycles. The van der Waals surface area contributed by atoms with Crippen LogP contribution in [0.25, 0.3) is 0 Å². The Morgan fingerprint density at radius 3 is 2.56 bits per heavy atom. The highest BCUT2D eigenvalue weighted by Crippen LogP contribution is 2.33. The molecule has 18 heavy (non-hydrogen) atoms. The first kappa shape index (κ1) is 13.2. The third-order valence-corrected chi connectivity index (χ3v) is 3.97. The summed E-state index contributed by atoms with van der Waals surface area (Å²) >= 11 is 0. The van der Waals surface area contributed by atoms with Gasteiger partial charge in [-0.25, -0.2) is 4.79 Å². The number of urea groups is 1. The summed E-state index contributed by atoms with van der Waals surface area (Å²) in [4.78, 5) is 24.6. The molecule has 0 spiro atoms. The van der Waals surface area contributed by atoms with E-state index in [0.29, 0.717) is 13.1 Å². The molecule has 3 unspecified atom stereocenters. The topological polar surface area (TPSA) is 69.6 Å². The summed E-state index contributed by atoms with van der Waals surface area (Å²) in [5.41, 5.74) is 0. The first-order valence-corrected chi connectivity index (χ1v) is 6.75. The van der Waals surface area contributed by atoms with Crippen molar-refractivity contribution in [3.8, 4) is 0 Å². The van der Waals surface area contributed by atoms with Crippen molar-refractivity contribution in [2.45, 2.75) is 39.2 Å². The second-order valence-electron chi connectivity index (χ2n) is 5.86. The molecule has 0 radical (unpaired) electrons. The summed E-state index contributed by atoms with van der Waals surface area (Å²) in [6.45, 7) is 4.78. The molecular weight excluding hydrogens is 232 g/mol. The average molecular weight is 254 g/mol. The van der Waals surface area contributed by atoms with E-state index in [9.17, 15) is 9.59 Å². The van der Waals surface area contributed by atoms with Gasteiger partial charge >= 0.3 is 12.0 Å². The predicted octanol–water partition coefficient (Wildman–Crippen LogP) is 1.54. The highest BCUT2D eigenvalue weighted by atomic mass is 16.4. The normalized spacial score (nSPS) is 29.1. The molecule has 1 heterocycles. The van der Waals surface area contributed by atoms with Crippen LogP contribution in [0.1, 0.15) is 33.1 Å². The van der Waals surface area contributed by atoms with Crippen molar-refractivity contribution in [3.05, 3.63) is 0 Å². The number of nitrogens with one attached hydrogen (secondary N) is 1. The molecule has 1 saturated carbocycles. The van der Waals surface area contributed by atoms with Gasteiger partial charge in [0.1, 0.15) is 0 Å². The van der Waals surface area contributed by atoms with Crippen molar-refractivity contribution in [2.75, 3.05) is 13.1 Å². The van der Waals surface area contributed by atoms with Gasteiger partial charge in [-0.3, -0.25) is 4.79 Å². The average Bonchev–Trinajstić information content (AvgIpc) is 2.97. The molecule has 2 amide bonds. The summed E-state index contributed by atoms with van der Waals surface area (Å²) in [5, 5.41) is 12.0. The van der Waals surface area contributed by atoms with E-state index in [1.807, 2.05) is 13.8 Å². The Hall–Kier alpha value is -1.26. The van der Waals surface area contributed by atoms with Gasteiger partial charge in [0.05, 0.1) is 5.92 Å². The molecule has 2 N–H and O–H groups in total. The van der Waals surface area contributed by atoms with Gasteiger partial charge in [0.2, 0.25) is 0 Å². The first-order chi connectivity index (χ1) is 8.47. The Labute approximate surface area is 108 Å². The Balaban J connectivity index is 1.80. The maximum atomic E-state index is 12.0. The van der Waals surface area contributed by atoms with E-state index in [4.69, 9.17) is 5.11 Å². The lowest BCUT2D eigenvalue weighted by molar-refractivity contribution is -0.142. The number of rotatable bonds is 4. The molecule has 0 bridgehead atoms. The van der Waals surface area contributed by atoms with E-state index >= 15 is 0 Å². The molecular formula is C13H22N2O3. The summed E-state index contributed by atoms with van der Waals surface area (Å²) in [5.74, 6) is -0.408. The highest BCUT2D eigenvalue weighted by molar-refractivity contribution is 5.77. The van der Waals surface area contributed by atoms with Crippen LogP contribution >= 0.6 is 0 Å². The number of hydrogen-bond donors (Lipinski definition) is 2. The molecule has 5 heteroatoms. The van der Waals surface area contributed by atoms with Gasteiger partial charge in [-0.15, -0.1) is 0 Å². The van der Waals surface area contributed by atoms with Crippen LogP contribution in [-0.4, -0.2) is 41.1 Å². The fourth-order valence-electron chi connectivity index (χ4n) is 2.67. The maximum absolute atomic E-state index is 12.0. The Morgan fingerprint density at radius 1 is 1.39 bits per heavy atom. The molecule has 5 nitrogen and oxygen atoms in total. The highest BCUT2D eigenvalue weighted by Gasteiger charge is 2.37. The predicted molar refractivity (Wildman–Crippen MR) is 67.2 cm³/mol. The van der Waals surface area contributed by atoms with Crippen LogP contribution in [-0.2, 0) is 4.79 Å². The zero-order chi connectivity index (χ0) is 13.3. The minimum Gasteiger partial charge on any atom is -0.481 e. The van der Waals surface area contributed by atoms with E-state index in [1.54, 1.807) is 4.90 Å². The molecule has 2 rings (SSSR count). The second kappa shape index (κ2) is 5.16. The number of carbonyl (C=O) groups excluding carboxylic acids is 1. The van der Waals surface area contributed by atoms with Crippen LogP contribution in [0, 0.1) is 17.8 Å². The SMILES string of the molecule is CC(CC1CC1)NC(=O)N1CC(C)C(C(=O)O)C1. The zero-order valence-electron chi connectivity index (χ0n) is 11.1. The minimum absolute atomic E-state index is 0.0342. The zero-order valence-corrected chi connectivity index (χ0v) is 11.1. The van der Waals surface area contributed by atoms with Crippen LogP contribution < -0.4 is 5.32 Å². The smallest absolute Gasteiger partial charge is 0.317 e. The van der Waals surface area contributed by atoms with Gasteiger partial charge in [-0.2, -0.15) is 0 Å². The van der Waals surface area contributed by atoms with Crippen molar-refractivity contribution in [3.63, 3.8) is 0 Å². The van der Waals surface area contributed by atoms with Crippen LogP contribution in [0.4, 0.5) is 4.79 Å². The first-order valence-electron chi connectivity index (χ1n) is 6.75. The number of carboxylic acid groups (broad SMARTS) is 1. The fraction of sp³-hybridized carbons (Fsp3) is 0.846. The Bertz CT molecular complexity index is 341. The number of amides is 2. The third kappa shape index (κ3) is 3.15. The molecule has 1 aliphatic heterocycles. The number of likely N-dealkylation sites (tertiary alicyclic amines) is 1. The lowest BCUT2D eigenvalue weighted by Gasteiger charge is -2.20. The summed E-state index contributed by atoms with van der Waals surface area (Å²) in [6.07, 6.45) is 3.60. The molecule has 0 aromatic carbocycles. The van der Waals surface area contributed by atoms with Crippen molar-refractivity contribution < 1.29 is 14.7 Å². The number of hydrogen-bond acceptors (Lipinski definition) is 2. The quantitative estimate of drug-likeness (QED) is 0.799. The molecule has 2 aliphatic rings. The lowest BCUT2D eigenvalue weighted by atomic mass is 9.99. The van der Waals surface area contributed by atoms with Gasteiger partial charge in [0.15, 0.2) is 0 Å². The van der Waals surface area contributed by atoms with Crippen molar-refractivity contribution in [1.82, 2.24) is 10.2 Å². The van der Waals surface area contributed by atoms with Gasteiger partial charge in [-0.05, 0) is 25.2 Å². The maximum Gasteiger partial charge on any atom is 0.317 e. The van der Waals surface area contributed by atoms with E-state index in [1.165, 1.54) is 12.8 Å². The van der Waals surface area contributed by atoms with Gasteiger partial charge in [0.25, 0.3) is 0 Å². The summed E-state index contributed by atoms with van der Waals surface area (Å²) < 4.78 is 0. The Morgan fingerprint density at radius 2 is 2.06 bits per heavy atom. The van der Waals surface area contributed by atoms with Gasteiger partial charge in [-0.1, -0.05) is 19.8 Å². The summed E-state index contributed by atoms with van der Waals surface area (Å²) in [6, 6.07) is 0.0722. The number of carboxylic acids is 1.